The topological polar surface area (TPSA) is 106 Å². The van der Waals surface area contributed by atoms with Crippen LogP contribution in [0.5, 0.6) is 0 Å². The Bertz CT molecular complexity index is 927. The molecule has 0 aliphatic heterocycles. The maximum Gasteiger partial charge on any atom is 0.290 e. The highest BCUT2D eigenvalue weighted by atomic mass is 16.3. The van der Waals surface area contributed by atoms with Crippen LogP contribution in [-0.2, 0) is 11.3 Å². The molecule has 7 heteroatoms. The van der Waals surface area contributed by atoms with Crippen LogP contribution in [0.2, 0.25) is 0 Å². The van der Waals surface area contributed by atoms with Crippen molar-refractivity contribution in [1.29, 1.82) is 5.26 Å². The minimum Gasteiger partial charge on any atom is -0.483 e. The molecule has 2 N–H and O–H groups in total. The SMILES string of the molecule is Cc1cnc(CN(C)c2nc3ccccc3c(C)c2C#N)[nH]1.O=CO. The summed E-state index contributed by atoms with van der Waals surface area (Å²) in [5.74, 6) is 1.55. The number of imidazole rings is 1. The maximum atomic E-state index is 9.54. The molecule has 0 atom stereocenters. The largest absolute Gasteiger partial charge is 0.483 e. The molecular formula is C18H19N5O2. The second-order valence-corrected chi connectivity index (χ2v) is 5.54. The van der Waals surface area contributed by atoms with Crippen molar-refractivity contribution in [2.45, 2.75) is 20.4 Å². The van der Waals surface area contributed by atoms with Crippen LogP contribution in [0.25, 0.3) is 10.9 Å². The fourth-order valence-electron chi connectivity index (χ4n) is 2.62. The second kappa shape index (κ2) is 7.93. The van der Waals surface area contributed by atoms with E-state index in [4.69, 9.17) is 9.90 Å². The molecule has 0 unspecified atom stereocenters. The number of fused-ring (bicyclic) bond motifs is 1. The first kappa shape index (κ1) is 17.9. The van der Waals surface area contributed by atoms with Crippen LogP contribution in [0.4, 0.5) is 5.82 Å². The highest BCUT2D eigenvalue weighted by Crippen LogP contribution is 2.27. The Hall–Kier alpha value is -3.40. The summed E-state index contributed by atoms with van der Waals surface area (Å²) in [5.41, 5.74) is 3.50. The lowest BCUT2D eigenvalue weighted by Gasteiger charge is -2.20. The smallest absolute Gasteiger partial charge is 0.290 e. The zero-order chi connectivity index (χ0) is 18.4. The lowest BCUT2D eigenvalue weighted by atomic mass is 10.0. The standard InChI is InChI=1S/C17H17N5.CH2O2/c1-11-9-19-16(20-11)10-22(3)17-14(8-18)12(2)13-6-4-5-7-15(13)21-17;2-1-3/h4-7,9H,10H2,1-3H3,(H,19,20);1H,(H,2,3). The van der Waals surface area contributed by atoms with Crippen molar-refractivity contribution in [1.82, 2.24) is 15.0 Å². The molecule has 0 bridgehead atoms. The Morgan fingerprint density at radius 2 is 2.04 bits per heavy atom. The number of nitrogens with zero attached hydrogens (tertiary/aromatic N) is 4. The summed E-state index contributed by atoms with van der Waals surface area (Å²) in [7, 11) is 1.93. The van der Waals surface area contributed by atoms with Gasteiger partial charge in [-0.25, -0.2) is 9.97 Å². The van der Waals surface area contributed by atoms with Crippen LogP contribution >= 0.6 is 0 Å². The van der Waals surface area contributed by atoms with Gasteiger partial charge in [-0.3, -0.25) is 4.79 Å². The van der Waals surface area contributed by atoms with E-state index in [-0.39, 0.29) is 6.47 Å². The highest BCUT2D eigenvalue weighted by molar-refractivity contribution is 5.87. The normalized spacial score (nSPS) is 9.84. The molecule has 0 saturated carbocycles. The van der Waals surface area contributed by atoms with Crippen molar-refractivity contribution in [3.8, 4) is 6.07 Å². The van der Waals surface area contributed by atoms with Gasteiger partial charge in [-0.1, -0.05) is 18.2 Å². The van der Waals surface area contributed by atoms with Crippen LogP contribution in [0, 0.1) is 25.2 Å². The molecule has 0 fully saturated rings. The number of para-hydroxylation sites is 1. The van der Waals surface area contributed by atoms with E-state index in [0.29, 0.717) is 17.9 Å². The summed E-state index contributed by atoms with van der Waals surface area (Å²) in [5, 5.41) is 17.4. The summed E-state index contributed by atoms with van der Waals surface area (Å²) in [6.07, 6.45) is 1.80. The summed E-state index contributed by atoms with van der Waals surface area (Å²) in [6.45, 7) is 4.26. The first-order valence-corrected chi connectivity index (χ1v) is 7.60. The first-order valence-electron chi connectivity index (χ1n) is 7.60. The predicted molar refractivity (Wildman–Crippen MR) is 95.3 cm³/mol. The van der Waals surface area contributed by atoms with Gasteiger partial charge in [0.1, 0.15) is 17.7 Å². The Balaban J connectivity index is 0.000000701. The lowest BCUT2D eigenvalue weighted by molar-refractivity contribution is -0.122. The minimum absolute atomic E-state index is 0.250. The molecule has 7 nitrogen and oxygen atoms in total. The summed E-state index contributed by atoms with van der Waals surface area (Å²) in [6, 6.07) is 10.2. The van der Waals surface area contributed by atoms with E-state index in [0.717, 1.165) is 28.0 Å². The van der Waals surface area contributed by atoms with Gasteiger partial charge in [-0.05, 0) is 25.5 Å². The fraction of sp³-hybridized carbons (Fsp3) is 0.222. The van der Waals surface area contributed by atoms with Gasteiger partial charge in [-0.2, -0.15) is 5.26 Å². The number of hydrogen-bond acceptors (Lipinski definition) is 5. The molecule has 128 valence electrons. The zero-order valence-corrected chi connectivity index (χ0v) is 14.3. The second-order valence-electron chi connectivity index (χ2n) is 5.54. The van der Waals surface area contributed by atoms with Crippen molar-refractivity contribution in [2.24, 2.45) is 0 Å². The highest BCUT2D eigenvalue weighted by Gasteiger charge is 2.16. The Kier molecular flexibility index (Phi) is 5.69. The molecule has 1 aromatic carbocycles. The van der Waals surface area contributed by atoms with Gasteiger partial charge in [0.05, 0.1) is 17.6 Å². The number of aryl methyl sites for hydroxylation is 2. The van der Waals surface area contributed by atoms with E-state index < -0.39 is 0 Å². The predicted octanol–water partition coefficient (Wildman–Crippen LogP) is 2.78. The number of hydrogen-bond donors (Lipinski definition) is 2. The number of carboxylic acid groups (broad SMARTS) is 1. The van der Waals surface area contributed by atoms with Gasteiger partial charge in [-0.15, -0.1) is 0 Å². The third-order valence-electron chi connectivity index (χ3n) is 3.75. The third-order valence-corrected chi connectivity index (χ3v) is 3.75. The Labute approximate surface area is 145 Å². The first-order chi connectivity index (χ1) is 12.0. The average Bonchev–Trinajstić information content (AvgIpc) is 3.00. The zero-order valence-electron chi connectivity index (χ0n) is 14.3. The number of rotatable bonds is 3. The van der Waals surface area contributed by atoms with E-state index >= 15 is 0 Å². The van der Waals surface area contributed by atoms with Crippen LogP contribution in [-0.4, -0.2) is 33.6 Å². The van der Waals surface area contributed by atoms with Gasteiger partial charge in [0.25, 0.3) is 6.47 Å². The minimum atomic E-state index is -0.250. The fourth-order valence-corrected chi connectivity index (χ4v) is 2.62. The van der Waals surface area contributed by atoms with Crippen molar-refractivity contribution in [3.05, 3.63) is 53.1 Å². The van der Waals surface area contributed by atoms with Crippen LogP contribution in [0.3, 0.4) is 0 Å². The molecule has 0 radical (unpaired) electrons. The van der Waals surface area contributed by atoms with E-state index in [1.807, 2.05) is 50.1 Å². The van der Waals surface area contributed by atoms with Gasteiger partial charge in [0.15, 0.2) is 0 Å². The molecule has 0 aliphatic rings. The van der Waals surface area contributed by atoms with E-state index in [2.05, 4.69) is 21.0 Å². The molecule has 0 saturated heterocycles. The molecule has 2 heterocycles. The summed E-state index contributed by atoms with van der Waals surface area (Å²) >= 11 is 0. The number of nitrogens with one attached hydrogen (secondary N) is 1. The van der Waals surface area contributed by atoms with Gasteiger partial charge in [0, 0.05) is 24.3 Å². The van der Waals surface area contributed by atoms with Crippen molar-refractivity contribution in [3.63, 3.8) is 0 Å². The van der Waals surface area contributed by atoms with Crippen molar-refractivity contribution < 1.29 is 9.90 Å². The molecule has 0 amide bonds. The molecule has 0 aliphatic carbocycles. The Morgan fingerprint density at radius 3 is 2.64 bits per heavy atom. The summed E-state index contributed by atoms with van der Waals surface area (Å²) < 4.78 is 0. The number of benzene rings is 1. The quantitative estimate of drug-likeness (QED) is 0.712. The van der Waals surface area contributed by atoms with E-state index in [9.17, 15) is 5.26 Å². The van der Waals surface area contributed by atoms with E-state index in [1.54, 1.807) is 6.20 Å². The van der Waals surface area contributed by atoms with Crippen LogP contribution in [0.1, 0.15) is 22.6 Å². The van der Waals surface area contributed by atoms with Crippen LogP contribution in [0.15, 0.2) is 30.5 Å². The number of H-pyrrole nitrogens is 1. The number of anilines is 1. The Morgan fingerprint density at radius 1 is 1.36 bits per heavy atom. The molecular weight excluding hydrogens is 318 g/mol. The molecule has 3 rings (SSSR count). The average molecular weight is 337 g/mol. The third kappa shape index (κ3) is 3.93. The van der Waals surface area contributed by atoms with Crippen molar-refractivity contribution >= 4 is 23.2 Å². The van der Waals surface area contributed by atoms with Crippen molar-refractivity contribution in [2.75, 3.05) is 11.9 Å². The monoisotopic (exact) mass is 337 g/mol. The van der Waals surface area contributed by atoms with Crippen LogP contribution < -0.4 is 4.90 Å². The van der Waals surface area contributed by atoms with Gasteiger partial charge < -0.3 is 15.0 Å². The molecule has 0 spiro atoms. The number of aromatic amines is 1. The number of nitriles is 1. The number of aromatic nitrogens is 3. The van der Waals surface area contributed by atoms with E-state index in [1.165, 1.54) is 0 Å². The lowest BCUT2D eigenvalue weighted by Crippen LogP contribution is -2.20. The molecule has 25 heavy (non-hydrogen) atoms. The number of pyridine rings is 1. The van der Waals surface area contributed by atoms with Gasteiger partial charge in [0.2, 0.25) is 0 Å². The molecule has 3 aromatic rings. The maximum absolute atomic E-state index is 9.54. The van der Waals surface area contributed by atoms with Gasteiger partial charge >= 0.3 is 0 Å². The number of carbonyl (C=O) groups is 1. The summed E-state index contributed by atoms with van der Waals surface area (Å²) in [4.78, 5) is 22.5. The molecule has 2 aromatic heterocycles.